The van der Waals surface area contributed by atoms with Crippen molar-refractivity contribution in [2.24, 2.45) is 0 Å². The molecule has 1 aliphatic rings. The quantitative estimate of drug-likeness (QED) is 0.897. The summed E-state index contributed by atoms with van der Waals surface area (Å²) >= 11 is 0. The standard InChI is InChI=1S/C13H19F3N4O2/c1-12(2,22)9-4-3-6-20(9)11(21)17-10-5-7-19(18-10)8-13(14,15)16/h5,7,9,22H,3-4,6,8H2,1-2H3,(H,17,18,21). The summed E-state index contributed by atoms with van der Waals surface area (Å²) in [5.74, 6) is 0.0515. The number of carbonyl (C=O) groups is 1. The van der Waals surface area contributed by atoms with Crippen molar-refractivity contribution in [1.29, 1.82) is 0 Å². The molecule has 1 fully saturated rings. The van der Waals surface area contributed by atoms with E-state index in [1.54, 1.807) is 13.8 Å². The lowest BCUT2D eigenvalue weighted by Crippen LogP contribution is -2.49. The average molecular weight is 320 g/mol. The largest absolute Gasteiger partial charge is 0.408 e. The maximum atomic E-state index is 12.3. The van der Waals surface area contributed by atoms with E-state index >= 15 is 0 Å². The van der Waals surface area contributed by atoms with Gasteiger partial charge in [-0.3, -0.25) is 10.00 Å². The van der Waals surface area contributed by atoms with Crippen LogP contribution in [0.15, 0.2) is 12.3 Å². The van der Waals surface area contributed by atoms with E-state index in [0.29, 0.717) is 17.6 Å². The van der Waals surface area contributed by atoms with Gasteiger partial charge in [0.05, 0.1) is 11.6 Å². The van der Waals surface area contributed by atoms with Crippen molar-refractivity contribution in [3.63, 3.8) is 0 Å². The van der Waals surface area contributed by atoms with Crippen LogP contribution < -0.4 is 5.32 Å². The van der Waals surface area contributed by atoms with E-state index in [2.05, 4.69) is 10.4 Å². The number of aliphatic hydroxyl groups is 1. The fourth-order valence-corrected chi connectivity index (χ4v) is 2.63. The highest BCUT2D eigenvalue weighted by Gasteiger charge is 2.38. The summed E-state index contributed by atoms with van der Waals surface area (Å²) in [4.78, 5) is 13.7. The number of halogens is 3. The van der Waals surface area contributed by atoms with Crippen LogP contribution in [0.2, 0.25) is 0 Å². The lowest BCUT2D eigenvalue weighted by molar-refractivity contribution is -0.142. The number of amides is 2. The molecule has 0 bridgehead atoms. The zero-order chi connectivity index (χ0) is 16.5. The van der Waals surface area contributed by atoms with Gasteiger partial charge < -0.3 is 10.0 Å². The van der Waals surface area contributed by atoms with Crippen LogP contribution in [0.4, 0.5) is 23.8 Å². The number of urea groups is 1. The van der Waals surface area contributed by atoms with Gasteiger partial charge in [-0.1, -0.05) is 0 Å². The fourth-order valence-electron chi connectivity index (χ4n) is 2.63. The number of rotatable bonds is 3. The monoisotopic (exact) mass is 320 g/mol. The Bertz CT molecular complexity index is 536. The summed E-state index contributed by atoms with van der Waals surface area (Å²) in [7, 11) is 0. The van der Waals surface area contributed by atoms with E-state index in [0.717, 1.165) is 12.6 Å². The number of nitrogens with one attached hydrogen (secondary N) is 1. The van der Waals surface area contributed by atoms with Gasteiger partial charge in [-0.05, 0) is 26.7 Å². The molecule has 0 saturated carbocycles. The Morgan fingerprint density at radius 3 is 2.77 bits per heavy atom. The highest BCUT2D eigenvalue weighted by Crippen LogP contribution is 2.27. The minimum absolute atomic E-state index is 0.0515. The van der Waals surface area contributed by atoms with E-state index in [9.17, 15) is 23.1 Å². The molecule has 2 N–H and O–H groups in total. The van der Waals surface area contributed by atoms with Gasteiger partial charge in [-0.15, -0.1) is 0 Å². The molecular weight excluding hydrogens is 301 g/mol. The van der Waals surface area contributed by atoms with Crippen LogP contribution in [-0.4, -0.2) is 50.2 Å². The van der Waals surface area contributed by atoms with Gasteiger partial charge in [0.25, 0.3) is 0 Å². The zero-order valence-electron chi connectivity index (χ0n) is 12.4. The molecule has 0 spiro atoms. The van der Waals surface area contributed by atoms with Gasteiger partial charge in [-0.25, -0.2) is 4.79 Å². The number of aromatic nitrogens is 2. The third-order valence-electron chi connectivity index (χ3n) is 3.55. The zero-order valence-corrected chi connectivity index (χ0v) is 12.4. The lowest BCUT2D eigenvalue weighted by atomic mass is 9.97. The van der Waals surface area contributed by atoms with Crippen LogP contribution in [0.1, 0.15) is 26.7 Å². The SMILES string of the molecule is CC(C)(O)C1CCCN1C(=O)Nc1ccn(CC(F)(F)F)n1. The van der Waals surface area contributed by atoms with E-state index in [-0.39, 0.29) is 11.9 Å². The third-order valence-corrected chi connectivity index (χ3v) is 3.55. The van der Waals surface area contributed by atoms with Gasteiger partial charge >= 0.3 is 12.2 Å². The molecule has 0 aliphatic carbocycles. The van der Waals surface area contributed by atoms with E-state index < -0.39 is 24.4 Å². The summed E-state index contributed by atoms with van der Waals surface area (Å²) in [5.41, 5.74) is -1.04. The van der Waals surface area contributed by atoms with Crippen molar-refractivity contribution < 1.29 is 23.1 Å². The Hall–Kier alpha value is -1.77. The smallest absolute Gasteiger partial charge is 0.388 e. The van der Waals surface area contributed by atoms with E-state index in [1.165, 1.54) is 11.0 Å². The summed E-state index contributed by atoms with van der Waals surface area (Å²) in [6.45, 7) is 2.53. The van der Waals surface area contributed by atoms with E-state index in [1.807, 2.05) is 0 Å². The van der Waals surface area contributed by atoms with Crippen molar-refractivity contribution in [2.75, 3.05) is 11.9 Å². The fraction of sp³-hybridized carbons (Fsp3) is 0.692. The maximum Gasteiger partial charge on any atom is 0.408 e. The number of likely N-dealkylation sites (tertiary alicyclic amines) is 1. The Labute approximate surface area is 125 Å². The minimum Gasteiger partial charge on any atom is -0.388 e. The van der Waals surface area contributed by atoms with Gasteiger partial charge in [0.1, 0.15) is 6.54 Å². The molecule has 0 radical (unpaired) electrons. The van der Waals surface area contributed by atoms with Crippen LogP contribution in [0.25, 0.3) is 0 Å². The molecule has 1 atom stereocenters. The van der Waals surface area contributed by atoms with Crippen molar-refractivity contribution in [2.45, 2.75) is 51.1 Å². The molecule has 9 heteroatoms. The summed E-state index contributed by atoms with van der Waals surface area (Å²) in [5, 5.41) is 16.2. The number of alkyl halides is 3. The number of hydrogen-bond donors (Lipinski definition) is 2. The van der Waals surface area contributed by atoms with Crippen molar-refractivity contribution >= 4 is 11.8 Å². The molecule has 1 aromatic rings. The first-order chi connectivity index (χ1) is 10.1. The first kappa shape index (κ1) is 16.6. The maximum absolute atomic E-state index is 12.3. The number of carbonyl (C=O) groups excluding carboxylic acids is 1. The number of nitrogens with zero attached hydrogens (tertiary/aromatic N) is 3. The molecular formula is C13H19F3N4O2. The summed E-state index contributed by atoms with van der Waals surface area (Å²) in [6.07, 6.45) is -1.77. The second-order valence-electron chi connectivity index (χ2n) is 5.95. The molecule has 2 heterocycles. The first-order valence-electron chi connectivity index (χ1n) is 6.96. The van der Waals surface area contributed by atoms with Crippen LogP contribution in [0.5, 0.6) is 0 Å². The normalized spacial score (nSPS) is 19.5. The van der Waals surface area contributed by atoms with Gasteiger partial charge in [0.15, 0.2) is 5.82 Å². The second kappa shape index (κ2) is 5.79. The van der Waals surface area contributed by atoms with Gasteiger partial charge in [0, 0.05) is 18.8 Å². The number of anilines is 1. The van der Waals surface area contributed by atoms with Crippen LogP contribution in [0.3, 0.4) is 0 Å². The topological polar surface area (TPSA) is 70.4 Å². The third kappa shape index (κ3) is 4.12. The van der Waals surface area contributed by atoms with Gasteiger partial charge in [-0.2, -0.15) is 18.3 Å². The van der Waals surface area contributed by atoms with Crippen LogP contribution in [-0.2, 0) is 6.54 Å². The molecule has 1 aliphatic heterocycles. The molecule has 1 aromatic heterocycles. The molecule has 22 heavy (non-hydrogen) atoms. The van der Waals surface area contributed by atoms with Crippen LogP contribution in [0, 0.1) is 0 Å². The van der Waals surface area contributed by atoms with Crippen molar-refractivity contribution in [3.05, 3.63) is 12.3 Å². The Morgan fingerprint density at radius 2 is 2.18 bits per heavy atom. The molecule has 0 aromatic carbocycles. The molecule has 1 unspecified atom stereocenters. The summed E-state index contributed by atoms with van der Waals surface area (Å²) in [6, 6.07) is 0.505. The first-order valence-corrected chi connectivity index (χ1v) is 6.96. The molecule has 124 valence electrons. The molecule has 1 saturated heterocycles. The molecule has 6 nitrogen and oxygen atoms in total. The number of hydrogen-bond acceptors (Lipinski definition) is 3. The average Bonchev–Trinajstić information content (AvgIpc) is 2.94. The highest BCUT2D eigenvalue weighted by molar-refractivity contribution is 5.88. The summed E-state index contributed by atoms with van der Waals surface area (Å²) < 4.78 is 37.5. The Kier molecular flexibility index (Phi) is 4.37. The van der Waals surface area contributed by atoms with Crippen molar-refractivity contribution in [1.82, 2.24) is 14.7 Å². The highest BCUT2D eigenvalue weighted by atomic mass is 19.4. The van der Waals surface area contributed by atoms with Crippen molar-refractivity contribution in [3.8, 4) is 0 Å². The Balaban J connectivity index is 2.00. The van der Waals surface area contributed by atoms with Crippen LogP contribution >= 0.6 is 0 Å². The minimum atomic E-state index is -4.37. The predicted molar refractivity (Wildman–Crippen MR) is 73.3 cm³/mol. The van der Waals surface area contributed by atoms with Gasteiger partial charge in [0.2, 0.25) is 0 Å². The predicted octanol–water partition coefficient (Wildman–Crippen LogP) is 2.21. The second-order valence-corrected chi connectivity index (χ2v) is 5.95. The lowest BCUT2D eigenvalue weighted by Gasteiger charge is -2.33. The molecule has 2 rings (SSSR count). The van der Waals surface area contributed by atoms with E-state index in [4.69, 9.17) is 0 Å². The Morgan fingerprint density at radius 1 is 1.50 bits per heavy atom. The molecule has 2 amide bonds.